The van der Waals surface area contributed by atoms with Crippen LogP contribution in [0.1, 0.15) is 32.1 Å². The maximum absolute atomic E-state index is 10.3. The van der Waals surface area contributed by atoms with Gasteiger partial charge in [0.05, 0.1) is 14.2 Å². The van der Waals surface area contributed by atoms with Crippen LogP contribution in [-0.4, -0.2) is 56.6 Å². The number of halogens is 1. The molecule has 0 spiro atoms. The molecule has 1 atom stereocenters. The van der Waals surface area contributed by atoms with Crippen LogP contribution in [0.2, 0.25) is 0 Å². The molecule has 0 aromatic heterocycles. The van der Waals surface area contributed by atoms with Gasteiger partial charge in [0.25, 0.3) is 0 Å². The Kier molecular flexibility index (Phi) is 9.26. The van der Waals surface area contributed by atoms with Crippen molar-refractivity contribution < 1.29 is 19.3 Å². The highest BCUT2D eigenvalue weighted by atomic mass is 35.5. The number of aliphatic hydroxyl groups is 1. The summed E-state index contributed by atoms with van der Waals surface area (Å²) in [5.74, 6) is 1.76. The number of rotatable bonds is 8. The van der Waals surface area contributed by atoms with Crippen molar-refractivity contribution in [1.82, 2.24) is 4.90 Å². The molecular formula is C18H30ClNO4. The molecule has 1 unspecified atom stereocenters. The van der Waals surface area contributed by atoms with Crippen molar-refractivity contribution in [3.63, 3.8) is 0 Å². The van der Waals surface area contributed by atoms with E-state index in [1.165, 1.54) is 32.1 Å². The average Bonchev–Trinajstić information content (AvgIpc) is 2.60. The van der Waals surface area contributed by atoms with Crippen LogP contribution >= 0.6 is 12.4 Å². The van der Waals surface area contributed by atoms with Crippen molar-refractivity contribution in [2.45, 2.75) is 44.2 Å². The van der Waals surface area contributed by atoms with Gasteiger partial charge in [0.15, 0.2) is 11.5 Å². The third-order valence-electron chi connectivity index (χ3n) is 4.50. The Hall–Kier alpha value is -1.17. The summed E-state index contributed by atoms with van der Waals surface area (Å²) in [4.78, 5) is 2.26. The van der Waals surface area contributed by atoms with Gasteiger partial charge in [-0.15, -0.1) is 12.4 Å². The molecule has 1 aliphatic carbocycles. The highest BCUT2D eigenvalue weighted by Gasteiger charge is 2.21. The normalized spacial score (nSPS) is 16.4. The fraction of sp³-hybridized carbons (Fsp3) is 0.667. The maximum atomic E-state index is 10.3. The monoisotopic (exact) mass is 359 g/mol. The molecule has 6 heteroatoms. The summed E-state index contributed by atoms with van der Waals surface area (Å²) >= 11 is 0. The number of nitrogens with zero attached hydrogens (tertiary/aromatic N) is 1. The molecule has 138 valence electrons. The van der Waals surface area contributed by atoms with Crippen molar-refractivity contribution in [2.24, 2.45) is 0 Å². The zero-order chi connectivity index (χ0) is 16.7. The van der Waals surface area contributed by atoms with Gasteiger partial charge in [-0.25, -0.2) is 0 Å². The lowest BCUT2D eigenvalue weighted by Gasteiger charge is -2.32. The Morgan fingerprint density at radius 3 is 2.25 bits per heavy atom. The van der Waals surface area contributed by atoms with Gasteiger partial charge in [-0.05, 0) is 32.0 Å². The highest BCUT2D eigenvalue weighted by molar-refractivity contribution is 5.85. The van der Waals surface area contributed by atoms with E-state index in [2.05, 4.69) is 11.9 Å². The van der Waals surface area contributed by atoms with E-state index >= 15 is 0 Å². The van der Waals surface area contributed by atoms with E-state index in [9.17, 15) is 5.11 Å². The number of aliphatic hydroxyl groups excluding tert-OH is 1. The number of hydrogen-bond acceptors (Lipinski definition) is 5. The standard InChI is InChI=1S/C18H29NO4.ClH/c1-19(14-8-5-4-6-9-14)12-15(20)13-23-18-16(21-2)10-7-11-17(18)22-3;/h7,10-11,14-15,20H,4-6,8-9,12-13H2,1-3H3;1H. The molecule has 1 aromatic rings. The number of benzene rings is 1. The lowest BCUT2D eigenvalue weighted by atomic mass is 9.94. The summed E-state index contributed by atoms with van der Waals surface area (Å²) in [7, 11) is 5.27. The van der Waals surface area contributed by atoms with Gasteiger partial charge in [-0.2, -0.15) is 0 Å². The Balaban J connectivity index is 0.00000288. The molecule has 0 bridgehead atoms. The predicted octanol–water partition coefficient (Wildman–Crippen LogP) is 3.13. The summed E-state index contributed by atoms with van der Waals surface area (Å²) in [6.07, 6.45) is 5.83. The van der Waals surface area contributed by atoms with Gasteiger partial charge in [-0.3, -0.25) is 0 Å². The molecule has 1 saturated carbocycles. The Morgan fingerprint density at radius 1 is 1.12 bits per heavy atom. The minimum Gasteiger partial charge on any atom is -0.493 e. The topological polar surface area (TPSA) is 51.2 Å². The first-order valence-electron chi connectivity index (χ1n) is 8.37. The molecule has 0 amide bonds. The molecule has 0 heterocycles. The van der Waals surface area contributed by atoms with Crippen LogP contribution in [-0.2, 0) is 0 Å². The molecule has 0 aliphatic heterocycles. The van der Waals surface area contributed by atoms with Crippen LogP contribution in [0.25, 0.3) is 0 Å². The SMILES string of the molecule is COc1cccc(OC)c1OCC(O)CN(C)C1CCCCC1.Cl. The minimum absolute atomic E-state index is 0. The molecule has 1 N–H and O–H groups in total. The van der Waals surface area contributed by atoms with Gasteiger partial charge in [0, 0.05) is 12.6 Å². The van der Waals surface area contributed by atoms with E-state index < -0.39 is 6.10 Å². The number of methoxy groups -OCH3 is 2. The number of hydrogen-bond donors (Lipinski definition) is 1. The quantitative estimate of drug-likeness (QED) is 0.772. The maximum Gasteiger partial charge on any atom is 0.203 e. The second kappa shape index (κ2) is 10.6. The third kappa shape index (κ3) is 5.72. The van der Waals surface area contributed by atoms with Gasteiger partial charge in [0.2, 0.25) is 5.75 Å². The van der Waals surface area contributed by atoms with E-state index in [0.29, 0.717) is 29.8 Å². The molecule has 2 rings (SSSR count). The van der Waals surface area contributed by atoms with Crippen LogP contribution in [0.4, 0.5) is 0 Å². The number of ether oxygens (including phenoxy) is 3. The van der Waals surface area contributed by atoms with Gasteiger partial charge < -0.3 is 24.2 Å². The van der Waals surface area contributed by atoms with E-state index in [0.717, 1.165) is 0 Å². The third-order valence-corrected chi connectivity index (χ3v) is 4.50. The Morgan fingerprint density at radius 2 is 1.71 bits per heavy atom. The number of likely N-dealkylation sites (N-methyl/N-ethyl adjacent to an activating group) is 1. The van der Waals surface area contributed by atoms with Gasteiger partial charge >= 0.3 is 0 Å². The first kappa shape index (κ1) is 20.9. The van der Waals surface area contributed by atoms with Crippen LogP contribution in [0.5, 0.6) is 17.2 Å². The molecule has 1 aliphatic rings. The van der Waals surface area contributed by atoms with Crippen LogP contribution in [0.3, 0.4) is 0 Å². The van der Waals surface area contributed by atoms with Crippen molar-refractivity contribution in [3.8, 4) is 17.2 Å². The van der Waals surface area contributed by atoms with Crippen molar-refractivity contribution in [2.75, 3.05) is 34.4 Å². The number of para-hydroxylation sites is 1. The van der Waals surface area contributed by atoms with Crippen molar-refractivity contribution in [3.05, 3.63) is 18.2 Å². The predicted molar refractivity (Wildman–Crippen MR) is 97.8 cm³/mol. The Bertz CT molecular complexity index is 458. The molecule has 24 heavy (non-hydrogen) atoms. The van der Waals surface area contributed by atoms with E-state index in [4.69, 9.17) is 14.2 Å². The molecule has 5 nitrogen and oxygen atoms in total. The first-order valence-corrected chi connectivity index (χ1v) is 8.37. The summed E-state index contributed by atoms with van der Waals surface area (Å²) in [5, 5.41) is 10.3. The fourth-order valence-electron chi connectivity index (χ4n) is 3.19. The average molecular weight is 360 g/mol. The first-order chi connectivity index (χ1) is 11.2. The zero-order valence-electron chi connectivity index (χ0n) is 14.9. The largest absolute Gasteiger partial charge is 0.493 e. The van der Waals surface area contributed by atoms with E-state index in [1.807, 2.05) is 18.2 Å². The second-order valence-corrected chi connectivity index (χ2v) is 6.19. The molecule has 0 radical (unpaired) electrons. The van der Waals surface area contributed by atoms with Gasteiger partial charge in [0.1, 0.15) is 12.7 Å². The molecule has 1 fully saturated rings. The molecule has 1 aromatic carbocycles. The summed E-state index contributed by atoms with van der Waals surface area (Å²) in [5.41, 5.74) is 0. The van der Waals surface area contributed by atoms with Crippen LogP contribution in [0, 0.1) is 0 Å². The molecule has 0 saturated heterocycles. The summed E-state index contributed by atoms with van der Waals surface area (Å²) < 4.78 is 16.4. The molecular weight excluding hydrogens is 330 g/mol. The van der Waals surface area contributed by atoms with Crippen molar-refractivity contribution >= 4 is 12.4 Å². The van der Waals surface area contributed by atoms with Crippen LogP contribution in [0.15, 0.2) is 18.2 Å². The highest BCUT2D eigenvalue weighted by Crippen LogP contribution is 2.36. The lowest BCUT2D eigenvalue weighted by Crippen LogP contribution is -2.40. The summed E-state index contributed by atoms with van der Waals surface area (Å²) in [6, 6.07) is 6.06. The minimum atomic E-state index is -0.545. The van der Waals surface area contributed by atoms with Crippen molar-refractivity contribution in [1.29, 1.82) is 0 Å². The Labute approximate surface area is 151 Å². The zero-order valence-corrected chi connectivity index (χ0v) is 15.7. The fourth-order valence-corrected chi connectivity index (χ4v) is 3.19. The smallest absolute Gasteiger partial charge is 0.203 e. The lowest BCUT2D eigenvalue weighted by molar-refractivity contribution is 0.0545. The van der Waals surface area contributed by atoms with Gasteiger partial charge in [-0.1, -0.05) is 25.3 Å². The van der Waals surface area contributed by atoms with Crippen LogP contribution < -0.4 is 14.2 Å². The van der Waals surface area contributed by atoms with E-state index in [1.54, 1.807) is 14.2 Å². The van der Waals surface area contributed by atoms with E-state index in [-0.39, 0.29) is 19.0 Å². The second-order valence-electron chi connectivity index (χ2n) is 6.19. The summed E-state index contributed by atoms with van der Waals surface area (Å²) in [6.45, 7) is 0.829.